The van der Waals surface area contributed by atoms with Crippen molar-refractivity contribution in [2.75, 3.05) is 0 Å². The number of aryl methyl sites for hydroxylation is 2. The maximum Gasteiger partial charge on any atom is 0.221 e. The zero-order chi connectivity index (χ0) is 11.0. The monoisotopic (exact) mass is 204 g/mol. The van der Waals surface area contributed by atoms with Crippen LogP contribution >= 0.6 is 0 Å². The Kier molecular flexibility index (Phi) is 2.19. The van der Waals surface area contributed by atoms with E-state index in [1.54, 1.807) is 0 Å². The molecule has 1 aromatic heterocycles. The van der Waals surface area contributed by atoms with Crippen LogP contribution < -0.4 is 5.73 Å². The first-order chi connectivity index (χ1) is 7.08. The van der Waals surface area contributed by atoms with E-state index < -0.39 is 0 Å². The molecule has 0 aliphatic rings. The lowest BCUT2D eigenvalue weighted by molar-refractivity contribution is -0.117. The van der Waals surface area contributed by atoms with Crippen molar-refractivity contribution in [1.29, 1.82) is 0 Å². The SMILES string of the molecule is Cc1cc2onc(C)c2cc1CC(N)=O. The van der Waals surface area contributed by atoms with Crippen LogP contribution in [0, 0.1) is 13.8 Å². The predicted octanol–water partition coefficient (Wildman–Crippen LogP) is 1.47. The van der Waals surface area contributed by atoms with Crippen LogP contribution in [0.5, 0.6) is 0 Å². The number of hydrogen-bond donors (Lipinski definition) is 1. The molecular formula is C11H12N2O2. The highest BCUT2D eigenvalue weighted by Crippen LogP contribution is 2.22. The molecule has 0 fully saturated rings. The molecule has 0 unspecified atom stereocenters. The average molecular weight is 204 g/mol. The van der Waals surface area contributed by atoms with Crippen molar-refractivity contribution in [2.24, 2.45) is 5.73 Å². The van der Waals surface area contributed by atoms with E-state index in [2.05, 4.69) is 5.16 Å². The van der Waals surface area contributed by atoms with E-state index in [0.717, 1.165) is 27.8 Å². The van der Waals surface area contributed by atoms with Crippen LogP contribution in [0.25, 0.3) is 11.0 Å². The Bertz CT molecular complexity index is 529. The third-order valence-electron chi connectivity index (χ3n) is 2.47. The third kappa shape index (κ3) is 1.70. The van der Waals surface area contributed by atoms with Gasteiger partial charge >= 0.3 is 0 Å². The zero-order valence-corrected chi connectivity index (χ0v) is 8.70. The molecule has 1 amide bonds. The Morgan fingerprint density at radius 3 is 2.87 bits per heavy atom. The van der Waals surface area contributed by atoms with Gasteiger partial charge in [-0.1, -0.05) is 5.16 Å². The second-order valence-corrected chi connectivity index (χ2v) is 3.69. The zero-order valence-electron chi connectivity index (χ0n) is 8.70. The fraction of sp³-hybridized carbons (Fsp3) is 0.273. The topological polar surface area (TPSA) is 69.1 Å². The van der Waals surface area contributed by atoms with Gasteiger partial charge in [-0.3, -0.25) is 4.79 Å². The Morgan fingerprint density at radius 1 is 1.47 bits per heavy atom. The molecule has 0 aliphatic heterocycles. The summed E-state index contributed by atoms with van der Waals surface area (Å²) in [5, 5.41) is 4.81. The standard InChI is InChI=1S/C11H12N2O2/c1-6-3-10-9(7(2)13-15-10)4-8(6)5-11(12)14/h3-4H,5H2,1-2H3,(H2,12,14). The van der Waals surface area contributed by atoms with Gasteiger partial charge in [0.25, 0.3) is 0 Å². The minimum Gasteiger partial charge on any atom is -0.369 e. The van der Waals surface area contributed by atoms with E-state index in [1.807, 2.05) is 26.0 Å². The van der Waals surface area contributed by atoms with Crippen molar-refractivity contribution in [1.82, 2.24) is 5.16 Å². The summed E-state index contributed by atoms with van der Waals surface area (Å²) in [6, 6.07) is 3.80. The molecule has 0 radical (unpaired) electrons. The Hall–Kier alpha value is -1.84. The second kappa shape index (κ2) is 3.38. The summed E-state index contributed by atoms with van der Waals surface area (Å²) >= 11 is 0. The minimum absolute atomic E-state index is 0.256. The third-order valence-corrected chi connectivity index (χ3v) is 2.47. The van der Waals surface area contributed by atoms with Crippen molar-refractivity contribution in [3.05, 3.63) is 29.0 Å². The van der Waals surface area contributed by atoms with Crippen LogP contribution in [-0.4, -0.2) is 11.1 Å². The van der Waals surface area contributed by atoms with E-state index in [-0.39, 0.29) is 12.3 Å². The molecule has 2 aromatic rings. The van der Waals surface area contributed by atoms with Gasteiger partial charge in [0.05, 0.1) is 12.1 Å². The lowest BCUT2D eigenvalue weighted by atomic mass is 10.0. The highest BCUT2D eigenvalue weighted by atomic mass is 16.5. The lowest BCUT2D eigenvalue weighted by Crippen LogP contribution is -2.14. The fourth-order valence-electron chi connectivity index (χ4n) is 1.63. The van der Waals surface area contributed by atoms with Gasteiger partial charge in [0, 0.05) is 5.39 Å². The summed E-state index contributed by atoms with van der Waals surface area (Å²) in [6.07, 6.45) is 0.256. The van der Waals surface area contributed by atoms with E-state index in [4.69, 9.17) is 10.3 Å². The number of fused-ring (bicyclic) bond motifs is 1. The van der Waals surface area contributed by atoms with Gasteiger partial charge in [0.2, 0.25) is 5.91 Å². The summed E-state index contributed by atoms with van der Waals surface area (Å²) in [6.45, 7) is 3.80. The maximum atomic E-state index is 10.9. The number of amides is 1. The number of primary amides is 1. The summed E-state index contributed by atoms with van der Waals surface area (Å²) < 4.78 is 5.12. The van der Waals surface area contributed by atoms with E-state index in [9.17, 15) is 4.79 Å². The molecule has 78 valence electrons. The number of nitrogens with two attached hydrogens (primary N) is 1. The average Bonchev–Trinajstić information content (AvgIpc) is 2.48. The molecule has 0 atom stereocenters. The maximum absolute atomic E-state index is 10.9. The minimum atomic E-state index is -0.327. The fourth-order valence-corrected chi connectivity index (χ4v) is 1.63. The van der Waals surface area contributed by atoms with Crippen molar-refractivity contribution in [3.8, 4) is 0 Å². The molecular weight excluding hydrogens is 192 g/mol. The molecule has 4 heteroatoms. The van der Waals surface area contributed by atoms with Crippen LogP contribution in [0.2, 0.25) is 0 Å². The van der Waals surface area contributed by atoms with Crippen LogP contribution in [-0.2, 0) is 11.2 Å². The Morgan fingerprint density at radius 2 is 2.20 bits per heavy atom. The number of rotatable bonds is 2. The van der Waals surface area contributed by atoms with Gasteiger partial charge in [-0.2, -0.15) is 0 Å². The van der Waals surface area contributed by atoms with Crippen LogP contribution in [0.1, 0.15) is 16.8 Å². The molecule has 0 saturated heterocycles. The number of benzene rings is 1. The van der Waals surface area contributed by atoms with Crippen LogP contribution in [0.3, 0.4) is 0 Å². The van der Waals surface area contributed by atoms with Crippen molar-refractivity contribution < 1.29 is 9.32 Å². The number of nitrogens with zero attached hydrogens (tertiary/aromatic N) is 1. The molecule has 0 saturated carbocycles. The van der Waals surface area contributed by atoms with Gasteiger partial charge in [0.1, 0.15) is 0 Å². The molecule has 15 heavy (non-hydrogen) atoms. The normalized spacial score (nSPS) is 10.8. The quantitative estimate of drug-likeness (QED) is 0.805. The first-order valence-electron chi connectivity index (χ1n) is 4.71. The summed E-state index contributed by atoms with van der Waals surface area (Å²) in [5.74, 6) is -0.327. The van der Waals surface area contributed by atoms with Crippen molar-refractivity contribution in [2.45, 2.75) is 20.3 Å². The highest BCUT2D eigenvalue weighted by molar-refractivity contribution is 5.84. The number of carbonyl (C=O) groups is 1. The predicted molar refractivity (Wildman–Crippen MR) is 56.4 cm³/mol. The first-order valence-corrected chi connectivity index (χ1v) is 4.71. The number of aromatic nitrogens is 1. The molecule has 1 heterocycles. The van der Waals surface area contributed by atoms with Gasteiger partial charge < -0.3 is 10.3 Å². The summed E-state index contributed by atoms with van der Waals surface area (Å²) in [5.41, 5.74) is 8.68. The molecule has 4 nitrogen and oxygen atoms in total. The molecule has 0 bridgehead atoms. The number of carbonyl (C=O) groups excluding carboxylic acids is 1. The van der Waals surface area contributed by atoms with Gasteiger partial charge in [-0.15, -0.1) is 0 Å². The van der Waals surface area contributed by atoms with Crippen molar-refractivity contribution in [3.63, 3.8) is 0 Å². The van der Waals surface area contributed by atoms with Gasteiger partial charge in [-0.25, -0.2) is 0 Å². The Balaban J connectivity index is 2.59. The van der Waals surface area contributed by atoms with Gasteiger partial charge in [0.15, 0.2) is 5.58 Å². The first kappa shape index (κ1) is 9.71. The highest BCUT2D eigenvalue weighted by Gasteiger charge is 2.09. The smallest absolute Gasteiger partial charge is 0.221 e. The summed E-state index contributed by atoms with van der Waals surface area (Å²) in [7, 11) is 0. The molecule has 2 N–H and O–H groups in total. The molecule has 0 aliphatic carbocycles. The number of hydrogen-bond acceptors (Lipinski definition) is 3. The molecule has 2 rings (SSSR count). The van der Waals surface area contributed by atoms with Crippen LogP contribution in [0.15, 0.2) is 16.7 Å². The van der Waals surface area contributed by atoms with E-state index in [1.165, 1.54) is 0 Å². The van der Waals surface area contributed by atoms with Crippen LogP contribution in [0.4, 0.5) is 0 Å². The van der Waals surface area contributed by atoms with Gasteiger partial charge in [-0.05, 0) is 37.1 Å². The summed E-state index contributed by atoms with van der Waals surface area (Å²) in [4.78, 5) is 10.9. The molecule has 1 aromatic carbocycles. The van der Waals surface area contributed by atoms with E-state index >= 15 is 0 Å². The Labute approximate surface area is 87.0 Å². The van der Waals surface area contributed by atoms with Crippen molar-refractivity contribution >= 4 is 16.9 Å². The molecule has 0 spiro atoms. The second-order valence-electron chi connectivity index (χ2n) is 3.69. The van der Waals surface area contributed by atoms with E-state index in [0.29, 0.717) is 0 Å². The largest absolute Gasteiger partial charge is 0.369 e. The lowest BCUT2D eigenvalue weighted by Gasteiger charge is -2.02.